The van der Waals surface area contributed by atoms with Gasteiger partial charge in [0, 0.05) is 12.3 Å². The molecule has 0 aliphatic carbocycles. The number of pyridine rings is 1. The van der Waals surface area contributed by atoms with Crippen molar-refractivity contribution in [3.63, 3.8) is 0 Å². The van der Waals surface area contributed by atoms with E-state index in [1.165, 1.54) is 6.20 Å². The number of hydrogen-bond acceptors (Lipinski definition) is 2. The van der Waals surface area contributed by atoms with Gasteiger partial charge in [0.25, 0.3) is 0 Å². The number of hydrogen-bond donors (Lipinski definition) is 1. The first-order valence-corrected chi connectivity index (χ1v) is 4.72. The average molecular weight is 221 g/mol. The molecular formula is C12H9F2NO. The summed E-state index contributed by atoms with van der Waals surface area (Å²) in [6.45, 7) is 0. The third-order valence-electron chi connectivity index (χ3n) is 2.17. The summed E-state index contributed by atoms with van der Waals surface area (Å²) < 4.78 is 25.9. The van der Waals surface area contributed by atoms with Crippen LogP contribution in [0.2, 0.25) is 0 Å². The maximum absolute atomic E-state index is 12.9. The summed E-state index contributed by atoms with van der Waals surface area (Å²) in [6, 6.07) is 7.91. The minimum absolute atomic E-state index is 0.149. The highest BCUT2D eigenvalue weighted by molar-refractivity contribution is 5.26. The predicted octanol–water partition coefficient (Wildman–Crippen LogP) is 2.44. The minimum Gasteiger partial charge on any atom is -0.382 e. The van der Waals surface area contributed by atoms with Crippen LogP contribution in [0.3, 0.4) is 0 Å². The average Bonchev–Trinajstić information content (AvgIpc) is 2.28. The maximum atomic E-state index is 12.9. The van der Waals surface area contributed by atoms with Crippen molar-refractivity contribution in [2.45, 2.75) is 6.10 Å². The normalized spacial score (nSPS) is 12.4. The van der Waals surface area contributed by atoms with Crippen LogP contribution in [0.25, 0.3) is 0 Å². The van der Waals surface area contributed by atoms with Crippen LogP contribution in [0.15, 0.2) is 42.6 Å². The monoisotopic (exact) mass is 221 g/mol. The lowest BCUT2D eigenvalue weighted by Gasteiger charge is -2.10. The predicted molar refractivity (Wildman–Crippen MR) is 54.7 cm³/mol. The minimum atomic E-state index is -1.12. The van der Waals surface area contributed by atoms with Gasteiger partial charge in [0.05, 0.1) is 5.69 Å². The van der Waals surface area contributed by atoms with Crippen LogP contribution >= 0.6 is 0 Å². The molecule has 1 aromatic heterocycles. The third kappa shape index (κ3) is 2.23. The zero-order chi connectivity index (χ0) is 11.5. The van der Waals surface area contributed by atoms with Crippen LogP contribution in [0.5, 0.6) is 0 Å². The Balaban J connectivity index is 2.37. The molecule has 2 rings (SSSR count). The molecule has 0 spiro atoms. The summed E-state index contributed by atoms with van der Waals surface area (Å²) in [5.74, 6) is -1.44. The lowest BCUT2D eigenvalue weighted by atomic mass is 10.1. The number of aliphatic hydroxyl groups excluding tert-OH is 1. The standard InChI is InChI=1S/C12H9F2NO/c13-9-5-8(6-10(14)7-9)12(16)11-3-1-2-4-15-11/h1-7,12,16H/t12-/m1/s1. The van der Waals surface area contributed by atoms with Crippen LogP contribution < -0.4 is 0 Å². The molecule has 1 aromatic carbocycles. The Labute approximate surface area is 91.2 Å². The van der Waals surface area contributed by atoms with Crippen LogP contribution in [0.1, 0.15) is 17.4 Å². The van der Waals surface area contributed by atoms with Gasteiger partial charge in [-0.15, -0.1) is 0 Å². The van der Waals surface area contributed by atoms with Crippen molar-refractivity contribution in [3.05, 3.63) is 65.5 Å². The van der Waals surface area contributed by atoms with Gasteiger partial charge >= 0.3 is 0 Å². The fourth-order valence-corrected chi connectivity index (χ4v) is 1.44. The van der Waals surface area contributed by atoms with Gasteiger partial charge in [0.2, 0.25) is 0 Å². The van der Waals surface area contributed by atoms with E-state index in [4.69, 9.17) is 0 Å². The van der Waals surface area contributed by atoms with Gasteiger partial charge < -0.3 is 5.11 Å². The second kappa shape index (κ2) is 4.37. The SMILES string of the molecule is O[C@H](c1cc(F)cc(F)c1)c1ccccn1. The number of aliphatic hydroxyl groups is 1. The number of halogens is 2. The summed E-state index contributed by atoms with van der Waals surface area (Å²) in [6.07, 6.45) is 0.389. The lowest BCUT2D eigenvalue weighted by Crippen LogP contribution is -2.02. The molecule has 2 nitrogen and oxygen atoms in total. The molecule has 0 aliphatic rings. The molecule has 1 atom stereocenters. The van der Waals surface area contributed by atoms with Crippen molar-refractivity contribution in [1.82, 2.24) is 4.98 Å². The smallest absolute Gasteiger partial charge is 0.126 e. The molecule has 0 amide bonds. The molecule has 16 heavy (non-hydrogen) atoms. The van der Waals surface area contributed by atoms with E-state index in [0.717, 1.165) is 18.2 Å². The number of nitrogens with zero attached hydrogens (tertiary/aromatic N) is 1. The second-order valence-corrected chi connectivity index (χ2v) is 3.36. The number of rotatable bonds is 2. The Bertz CT molecular complexity index is 467. The molecular weight excluding hydrogens is 212 g/mol. The van der Waals surface area contributed by atoms with Crippen molar-refractivity contribution in [2.75, 3.05) is 0 Å². The van der Waals surface area contributed by atoms with Crippen molar-refractivity contribution in [3.8, 4) is 0 Å². The molecule has 0 bridgehead atoms. The third-order valence-corrected chi connectivity index (χ3v) is 2.17. The van der Waals surface area contributed by atoms with Gasteiger partial charge in [-0.05, 0) is 29.8 Å². The summed E-state index contributed by atoms with van der Waals surface area (Å²) in [4.78, 5) is 3.92. The highest BCUT2D eigenvalue weighted by Gasteiger charge is 2.13. The maximum Gasteiger partial charge on any atom is 0.126 e. The van der Waals surface area contributed by atoms with E-state index in [0.29, 0.717) is 5.69 Å². The quantitative estimate of drug-likeness (QED) is 0.844. The Kier molecular flexibility index (Phi) is 2.92. The van der Waals surface area contributed by atoms with E-state index in [9.17, 15) is 13.9 Å². The van der Waals surface area contributed by atoms with Gasteiger partial charge in [-0.1, -0.05) is 6.07 Å². The van der Waals surface area contributed by atoms with Gasteiger partial charge in [0.1, 0.15) is 17.7 Å². The van der Waals surface area contributed by atoms with E-state index in [-0.39, 0.29) is 5.56 Å². The van der Waals surface area contributed by atoms with Gasteiger partial charge in [-0.3, -0.25) is 4.98 Å². The Morgan fingerprint density at radius 2 is 1.75 bits per heavy atom. The first kappa shape index (κ1) is 10.7. The number of aromatic nitrogens is 1. The van der Waals surface area contributed by atoms with E-state index < -0.39 is 17.7 Å². The Hall–Kier alpha value is -1.81. The first-order chi connectivity index (χ1) is 7.66. The summed E-state index contributed by atoms with van der Waals surface area (Å²) >= 11 is 0. The molecule has 1 heterocycles. The molecule has 4 heteroatoms. The second-order valence-electron chi connectivity index (χ2n) is 3.36. The highest BCUT2D eigenvalue weighted by atomic mass is 19.1. The van der Waals surface area contributed by atoms with Crippen molar-refractivity contribution in [1.29, 1.82) is 0 Å². The Morgan fingerprint density at radius 3 is 2.31 bits per heavy atom. The van der Waals surface area contributed by atoms with Crippen LogP contribution in [0.4, 0.5) is 8.78 Å². The molecule has 82 valence electrons. The topological polar surface area (TPSA) is 33.1 Å². The first-order valence-electron chi connectivity index (χ1n) is 4.72. The van der Waals surface area contributed by atoms with E-state index in [1.54, 1.807) is 18.2 Å². The lowest BCUT2D eigenvalue weighted by molar-refractivity contribution is 0.214. The zero-order valence-corrected chi connectivity index (χ0v) is 8.27. The van der Waals surface area contributed by atoms with Gasteiger partial charge in [-0.25, -0.2) is 8.78 Å². The molecule has 0 radical (unpaired) electrons. The van der Waals surface area contributed by atoms with Crippen molar-refractivity contribution < 1.29 is 13.9 Å². The summed E-state index contributed by atoms with van der Waals surface area (Å²) in [5, 5.41) is 9.84. The zero-order valence-electron chi connectivity index (χ0n) is 8.27. The van der Waals surface area contributed by atoms with E-state index in [2.05, 4.69) is 4.98 Å². The summed E-state index contributed by atoms with van der Waals surface area (Å²) in [5.41, 5.74) is 0.503. The van der Waals surface area contributed by atoms with E-state index in [1.807, 2.05) is 0 Å². The molecule has 2 aromatic rings. The van der Waals surface area contributed by atoms with Crippen LogP contribution in [-0.4, -0.2) is 10.1 Å². The Morgan fingerprint density at radius 1 is 1.06 bits per heavy atom. The van der Waals surface area contributed by atoms with Crippen molar-refractivity contribution >= 4 is 0 Å². The van der Waals surface area contributed by atoms with Crippen LogP contribution in [-0.2, 0) is 0 Å². The van der Waals surface area contributed by atoms with E-state index >= 15 is 0 Å². The molecule has 0 unspecified atom stereocenters. The molecule has 1 N–H and O–H groups in total. The largest absolute Gasteiger partial charge is 0.382 e. The highest BCUT2D eigenvalue weighted by Crippen LogP contribution is 2.21. The van der Waals surface area contributed by atoms with Gasteiger partial charge in [0.15, 0.2) is 0 Å². The summed E-state index contributed by atoms with van der Waals surface area (Å²) in [7, 11) is 0. The fraction of sp³-hybridized carbons (Fsp3) is 0.0833. The number of benzene rings is 1. The molecule has 0 fully saturated rings. The van der Waals surface area contributed by atoms with Gasteiger partial charge in [-0.2, -0.15) is 0 Å². The molecule has 0 saturated carbocycles. The van der Waals surface area contributed by atoms with Crippen molar-refractivity contribution in [2.24, 2.45) is 0 Å². The van der Waals surface area contributed by atoms with Crippen LogP contribution in [0, 0.1) is 11.6 Å². The molecule has 0 saturated heterocycles. The fourth-order valence-electron chi connectivity index (χ4n) is 1.44. The molecule has 0 aliphatic heterocycles.